The second kappa shape index (κ2) is 53.5. The Morgan fingerprint density at radius 3 is 0.561 bits per heavy atom. The van der Waals surface area contributed by atoms with Crippen molar-refractivity contribution < 1.29 is 37.2 Å². The van der Waals surface area contributed by atoms with Crippen molar-refractivity contribution >= 4 is 0 Å². The van der Waals surface area contributed by atoms with E-state index in [2.05, 4.69) is 348 Å². The Bertz CT molecular complexity index is 3800. The molecule has 6 aromatic carbocycles. The molecule has 6 aromatic rings. The van der Waals surface area contributed by atoms with Gasteiger partial charge in [0, 0.05) is 16.2 Å². The molecule has 7 aliphatic carbocycles. The van der Waals surface area contributed by atoms with Gasteiger partial charge in [-0.2, -0.15) is 0 Å². The van der Waals surface area contributed by atoms with Crippen molar-refractivity contribution in [1.82, 2.24) is 0 Å². The average Bonchev–Trinajstić information content (AvgIpc) is 0.724. The Labute approximate surface area is 855 Å². The van der Waals surface area contributed by atoms with Crippen LogP contribution in [0.5, 0.6) is 0 Å². The number of benzene rings is 6. The van der Waals surface area contributed by atoms with E-state index in [0.717, 1.165) is 91.3 Å². The van der Waals surface area contributed by atoms with Crippen LogP contribution in [0.2, 0.25) is 0 Å². The largest absolute Gasteiger partial charge is 0.387 e. The molecule has 0 atom stereocenters. The molecule has 0 spiro atoms. The smallest absolute Gasteiger partial charge is 0.250 e. The minimum Gasteiger partial charge on any atom is -0.387 e. The third-order valence-electron chi connectivity index (χ3n) is 39.3. The van der Waals surface area contributed by atoms with Crippen LogP contribution in [-0.4, -0.2) is 57.7 Å². The highest BCUT2D eigenvalue weighted by atomic mass is 19.3. The molecule has 8 fully saturated rings. The van der Waals surface area contributed by atoms with Crippen LogP contribution >= 0.6 is 0 Å². The molecule has 0 bridgehead atoms. The molecule has 0 radical (unpaired) electrons. The predicted molar refractivity (Wildman–Crippen MR) is 595 cm³/mol. The van der Waals surface area contributed by atoms with E-state index in [4.69, 9.17) is 19.7 Å². The third kappa shape index (κ3) is 36.5. The van der Waals surface area contributed by atoms with E-state index in [1.165, 1.54) is 207 Å². The summed E-state index contributed by atoms with van der Waals surface area (Å²) < 4.78 is 63.1. The molecule has 2 N–H and O–H groups in total. The summed E-state index contributed by atoms with van der Waals surface area (Å²) in [4.78, 5) is 0. The molecule has 0 amide bonds. The van der Waals surface area contributed by atoms with Crippen molar-refractivity contribution in [3.8, 4) is 0 Å². The summed E-state index contributed by atoms with van der Waals surface area (Å²) in [6.07, 6.45) is 51.7. The van der Waals surface area contributed by atoms with Gasteiger partial charge in [-0.05, 0) is 278 Å². The summed E-state index contributed by atoms with van der Waals surface area (Å²) in [5.74, 6) is -4.99. The second-order valence-electron chi connectivity index (χ2n) is 53.1. The van der Waals surface area contributed by atoms with Crippen molar-refractivity contribution in [3.05, 3.63) is 215 Å². The third-order valence-corrected chi connectivity index (χ3v) is 39.3. The lowest BCUT2D eigenvalue weighted by Gasteiger charge is -2.50. The molecule has 7 saturated carbocycles. The second-order valence-corrected chi connectivity index (χ2v) is 53.1. The van der Waals surface area contributed by atoms with Gasteiger partial charge < -0.3 is 19.7 Å². The number of ether oxygens (including phenoxy) is 2. The standard InChI is InChI=1S/C32H34.C21H26.C13H26.3C11H22.2C9H16F2.C8H16O2.C6H14O2/c1-31(23-27-15-7-3-8-16-27,24-28-17-9-4-10-18-28)32(2,25-29-19-11-5-12-20-29)26-30-21-13-6-14-22-30;1-20(16-10-5-11-17-20)21(2,18-12-6-3-7-13-18)19-14-8-4-9-15-19;1-5-12(3,6-2)13(4)10-8-7-9-11-13;3*1-10(2,3)11(4)8-6-5-7-9-11;2*1-8(9(2,10)11)6-4-3-5-7-8;1-7(2)8(3,4)10-6-5-9-7;1-5(2,7)6(3,4)8/h3-22H,23-26H2,1-2H3;3-4,6-9,12-15H,5,10-11,16-17H2,1-2H3;5-11H2,1-4H3;3*5-9H2,1-4H3;2*3-7H2,1-2H3;5-6H2,1-4H3;7-8H,1-4H3. The molecule has 0 aromatic heterocycles. The quantitative estimate of drug-likeness (QED) is 0.0842. The zero-order valence-corrected chi connectivity index (χ0v) is 95.9. The first-order valence-electron chi connectivity index (χ1n) is 56.1. The van der Waals surface area contributed by atoms with Crippen LogP contribution in [-0.2, 0) is 40.6 Å². The minimum atomic E-state index is -2.49. The Morgan fingerprint density at radius 2 is 0.410 bits per heavy atom. The van der Waals surface area contributed by atoms with Gasteiger partial charge in [-0.15, -0.1) is 0 Å². The summed E-state index contributed by atoms with van der Waals surface area (Å²) in [6.45, 7) is 70.2. The Morgan fingerprint density at radius 1 is 0.237 bits per heavy atom. The van der Waals surface area contributed by atoms with Crippen molar-refractivity contribution in [2.24, 2.45) is 70.4 Å². The number of hydrogen-bond donors (Lipinski definition) is 2. The van der Waals surface area contributed by atoms with Gasteiger partial charge in [-0.1, -0.05) is 482 Å². The van der Waals surface area contributed by atoms with E-state index in [0.29, 0.717) is 74.4 Å². The van der Waals surface area contributed by atoms with Gasteiger partial charge in [0.15, 0.2) is 0 Å². The molecule has 0 unspecified atom stereocenters. The van der Waals surface area contributed by atoms with Gasteiger partial charge in [-0.25, -0.2) is 17.6 Å². The summed E-state index contributed by atoms with van der Waals surface area (Å²) in [5.41, 5.74) is 10.0. The average molecular weight is 1930 g/mol. The summed E-state index contributed by atoms with van der Waals surface area (Å²) in [7, 11) is 0. The SMILES string of the molecule is CC(C)(C)C1(C)CCCCC1.CC(C)(C)C1(C)CCCCC1.CC(C)(C)C1(C)CCCCC1.CC(C)(O)C(C)(C)O.CC(Cc1ccccc1)(Cc1ccccc1)C(C)(Cc1ccccc1)Cc1ccccc1.CC(F)(F)C1(C)CCCCC1.CC(F)(F)C1(C)CCCCC1.CC1(C(C)(c2ccccc2)c2ccccc2)CCCCC1.CC1(C)OCCOC1(C)C.CCC(C)(CC)C1(C)CCCCC1. The van der Waals surface area contributed by atoms with Crippen LogP contribution in [0.4, 0.5) is 17.6 Å². The lowest BCUT2D eigenvalue weighted by Crippen LogP contribution is -2.53. The Kier molecular flexibility index (Phi) is 47.8. The van der Waals surface area contributed by atoms with Crippen molar-refractivity contribution in [1.29, 1.82) is 0 Å². The van der Waals surface area contributed by atoms with Crippen LogP contribution in [0.15, 0.2) is 182 Å². The number of halogens is 4. The highest BCUT2D eigenvalue weighted by Crippen LogP contribution is 2.58. The molecule has 139 heavy (non-hydrogen) atoms. The van der Waals surface area contributed by atoms with Crippen molar-refractivity contribution in [2.75, 3.05) is 13.2 Å². The van der Waals surface area contributed by atoms with E-state index in [1.54, 1.807) is 41.5 Å². The maximum absolute atomic E-state index is 13.0. The minimum absolute atomic E-state index is 0.0708. The molecule has 1 aliphatic heterocycles. The van der Waals surface area contributed by atoms with Crippen LogP contribution < -0.4 is 0 Å². The number of rotatable bonds is 18. The molecule has 1 saturated heterocycles. The van der Waals surface area contributed by atoms with Gasteiger partial charge in [0.2, 0.25) is 0 Å². The summed E-state index contributed by atoms with van der Waals surface area (Å²) in [5, 5.41) is 18.2. The topological polar surface area (TPSA) is 58.9 Å². The summed E-state index contributed by atoms with van der Waals surface area (Å²) >= 11 is 0. The fourth-order valence-corrected chi connectivity index (χ4v) is 23.2. The molecular weight excluding hydrogens is 1710 g/mol. The zero-order chi connectivity index (χ0) is 104. The van der Waals surface area contributed by atoms with Crippen LogP contribution in [0, 0.1) is 70.4 Å². The molecule has 8 aliphatic rings. The molecular formula is C131H214F4O4. The first-order chi connectivity index (χ1) is 64.3. The van der Waals surface area contributed by atoms with Gasteiger partial charge in [0.05, 0.1) is 35.6 Å². The fraction of sp³-hybridized carbons (Fsp3) is 0.725. The van der Waals surface area contributed by atoms with Gasteiger partial charge >= 0.3 is 0 Å². The van der Waals surface area contributed by atoms with Crippen LogP contribution in [0.25, 0.3) is 0 Å². The molecule has 4 nitrogen and oxygen atoms in total. The maximum Gasteiger partial charge on any atom is 0.250 e. The number of hydrogen-bond acceptors (Lipinski definition) is 4. The van der Waals surface area contributed by atoms with E-state index < -0.39 is 33.9 Å². The molecule has 1 heterocycles. The Balaban J connectivity index is 0.000000283. The van der Waals surface area contributed by atoms with Crippen molar-refractivity contribution in [3.63, 3.8) is 0 Å². The molecule has 790 valence electrons. The highest BCUT2D eigenvalue weighted by Gasteiger charge is 2.52. The lowest BCUT2D eigenvalue weighted by atomic mass is 9.54. The molecule has 8 heteroatoms. The van der Waals surface area contributed by atoms with Crippen LogP contribution in [0.3, 0.4) is 0 Å². The lowest BCUT2D eigenvalue weighted by molar-refractivity contribution is -0.230. The maximum atomic E-state index is 13.0. The number of aliphatic hydroxyl groups is 2. The van der Waals surface area contributed by atoms with E-state index >= 15 is 0 Å². The monoisotopic (exact) mass is 1930 g/mol. The van der Waals surface area contributed by atoms with Crippen LogP contribution in [0.1, 0.15) is 493 Å². The van der Waals surface area contributed by atoms with Gasteiger partial charge in [-0.3, -0.25) is 0 Å². The number of alkyl halides is 4. The van der Waals surface area contributed by atoms with E-state index in [1.807, 2.05) is 0 Å². The fourth-order valence-electron chi connectivity index (χ4n) is 23.2. The predicted octanol–water partition coefficient (Wildman–Crippen LogP) is 40.1. The van der Waals surface area contributed by atoms with Gasteiger partial charge in [0.1, 0.15) is 0 Å². The Hall–Kier alpha value is -5.12. The first-order valence-corrected chi connectivity index (χ1v) is 56.1. The van der Waals surface area contributed by atoms with Gasteiger partial charge in [0.25, 0.3) is 11.8 Å². The van der Waals surface area contributed by atoms with E-state index in [9.17, 15) is 17.6 Å². The zero-order valence-electron chi connectivity index (χ0n) is 95.9. The first kappa shape index (κ1) is 124. The normalized spacial score (nSPS) is 20.6. The summed E-state index contributed by atoms with van der Waals surface area (Å²) in [6, 6.07) is 66.3. The van der Waals surface area contributed by atoms with E-state index in [-0.39, 0.29) is 27.4 Å². The van der Waals surface area contributed by atoms with Crippen molar-refractivity contribution in [2.45, 2.75) is 524 Å². The molecule has 14 rings (SSSR count). The highest BCUT2D eigenvalue weighted by molar-refractivity contribution is 5.42.